The number of amides is 1. The lowest BCUT2D eigenvalue weighted by molar-refractivity contribution is -0.121. The Morgan fingerprint density at radius 2 is 2.26 bits per heavy atom. The Labute approximate surface area is 114 Å². The Balaban J connectivity index is 1.99. The van der Waals surface area contributed by atoms with Crippen LogP contribution >= 0.6 is 0 Å². The van der Waals surface area contributed by atoms with Gasteiger partial charge in [-0.05, 0) is 56.6 Å². The average Bonchev–Trinajstić information content (AvgIpc) is 2.30. The second kappa shape index (κ2) is 6.06. The number of nitrogens with one attached hydrogen (secondary N) is 2. The molecule has 1 atom stereocenters. The fraction of sp³-hybridized carbons (Fsp3) is 0.533. The fourth-order valence-corrected chi connectivity index (χ4v) is 2.16. The van der Waals surface area contributed by atoms with Gasteiger partial charge in [0, 0.05) is 11.6 Å². The molecule has 1 heterocycles. The summed E-state index contributed by atoms with van der Waals surface area (Å²) in [5.41, 5.74) is 1.89. The van der Waals surface area contributed by atoms with Crippen molar-refractivity contribution in [1.82, 2.24) is 5.32 Å². The van der Waals surface area contributed by atoms with Crippen LogP contribution in [0, 0.1) is 18.8 Å². The van der Waals surface area contributed by atoms with Crippen molar-refractivity contribution in [2.45, 2.75) is 20.8 Å². The van der Waals surface area contributed by atoms with E-state index in [2.05, 4.69) is 10.6 Å². The number of aryl methyl sites for hydroxylation is 1. The van der Waals surface area contributed by atoms with E-state index in [1.54, 1.807) is 0 Å². The van der Waals surface area contributed by atoms with Crippen LogP contribution in [0.4, 0.5) is 5.69 Å². The summed E-state index contributed by atoms with van der Waals surface area (Å²) >= 11 is 0. The molecule has 1 aromatic rings. The van der Waals surface area contributed by atoms with E-state index in [1.165, 1.54) is 0 Å². The molecule has 1 saturated heterocycles. The van der Waals surface area contributed by atoms with Crippen molar-refractivity contribution in [2.24, 2.45) is 11.8 Å². The summed E-state index contributed by atoms with van der Waals surface area (Å²) in [6, 6.07) is 5.75. The third kappa shape index (κ3) is 3.26. The molecule has 1 unspecified atom stereocenters. The highest BCUT2D eigenvalue weighted by atomic mass is 16.5. The van der Waals surface area contributed by atoms with Crippen LogP contribution in [0.2, 0.25) is 0 Å². The quantitative estimate of drug-likeness (QED) is 0.855. The predicted molar refractivity (Wildman–Crippen MR) is 76.5 cm³/mol. The zero-order valence-electron chi connectivity index (χ0n) is 11.8. The second-order valence-corrected chi connectivity index (χ2v) is 5.11. The van der Waals surface area contributed by atoms with Gasteiger partial charge in [0.25, 0.3) is 0 Å². The van der Waals surface area contributed by atoms with E-state index < -0.39 is 0 Å². The highest BCUT2D eigenvalue weighted by molar-refractivity contribution is 5.93. The van der Waals surface area contributed by atoms with Gasteiger partial charge in [-0.3, -0.25) is 4.79 Å². The Kier molecular flexibility index (Phi) is 4.43. The zero-order chi connectivity index (χ0) is 13.8. The average molecular weight is 262 g/mol. The van der Waals surface area contributed by atoms with E-state index >= 15 is 0 Å². The molecule has 19 heavy (non-hydrogen) atoms. The van der Waals surface area contributed by atoms with Gasteiger partial charge >= 0.3 is 0 Å². The molecule has 0 aromatic heterocycles. The summed E-state index contributed by atoms with van der Waals surface area (Å²) in [5.74, 6) is 1.45. The molecule has 1 aromatic carbocycles. The molecule has 4 heteroatoms. The molecule has 0 aliphatic carbocycles. The third-order valence-corrected chi connectivity index (χ3v) is 3.70. The number of hydrogen-bond acceptors (Lipinski definition) is 3. The molecule has 0 bridgehead atoms. The molecular weight excluding hydrogens is 240 g/mol. The number of benzene rings is 1. The Bertz CT molecular complexity index is 455. The van der Waals surface area contributed by atoms with Gasteiger partial charge in [-0.15, -0.1) is 0 Å². The molecule has 0 radical (unpaired) electrons. The number of anilines is 1. The smallest absolute Gasteiger partial charge is 0.227 e. The van der Waals surface area contributed by atoms with Gasteiger partial charge in [-0.25, -0.2) is 0 Å². The number of ether oxygens (including phenoxy) is 1. The molecule has 104 valence electrons. The molecule has 0 saturated carbocycles. The first kappa shape index (κ1) is 13.9. The molecule has 1 aliphatic rings. The molecule has 2 rings (SSSR count). The van der Waals surface area contributed by atoms with Crippen molar-refractivity contribution in [2.75, 3.05) is 25.0 Å². The fourth-order valence-electron chi connectivity index (χ4n) is 2.16. The molecular formula is C15H22N2O2. The number of hydrogen-bond donors (Lipinski definition) is 2. The summed E-state index contributed by atoms with van der Waals surface area (Å²) in [5, 5.41) is 6.20. The van der Waals surface area contributed by atoms with Gasteiger partial charge in [0.15, 0.2) is 0 Å². The standard InChI is InChI=1S/C15H22N2O2/c1-4-19-13-5-6-14(10(2)7-13)17-15(18)11(3)12-8-16-9-12/h5-7,11-12,16H,4,8-9H2,1-3H3,(H,17,18). The SMILES string of the molecule is CCOc1ccc(NC(=O)C(C)C2CNC2)c(C)c1. The second-order valence-electron chi connectivity index (χ2n) is 5.11. The van der Waals surface area contributed by atoms with Crippen LogP contribution in [0.5, 0.6) is 5.75 Å². The van der Waals surface area contributed by atoms with Crippen LogP contribution in [-0.2, 0) is 4.79 Å². The molecule has 2 N–H and O–H groups in total. The minimum atomic E-state index is 0.0484. The molecule has 4 nitrogen and oxygen atoms in total. The van der Waals surface area contributed by atoms with E-state index in [9.17, 15) is 4.79 Å². The van der Waals surface area contributed by atoms with Gasteiger partial charge in [0.1, 0.15) is 5.75 Å². The minimum absolute atomic E-state index is 0.0484. The number of carbonyl (C=O) groups is 1. The predicted octanol–water partition coefficient (Wildman–Crippen LogP) is 2.19. The summed E-state index contributed by atoms with van der Waals surface area (Å²) < 4.78 is 5.44. The number of rotatable bonds is 5. The summed E-state index contributed by atoms with van der Waals surface area (Å²) in [7, 11) is 0. The lowest BCUT2D eigenvalue weighted by atomic mass is 9.88. The Morgan fingerprint density at radius 1 is 1.53 bits per heavy atom. The Hall–Kier alpha value is -1.55. The molecule has 1 aliphatic heterocycles. The number of carbonyl (C=O) groups excluding carboxylic acids is 1. The van der Waals surface area contributed by atoms with E-state index in [0.29, 0.717) is 12.5 Å². The van der Waals surface area contributed by atoms with Crippen molar-refractivity contribution < 1.29 is 9.53 Å². The molecule has 0 spiro atoms. The first-order chi connectivity index (χ1) is 9.11. The van der Waals surface area contributed by atoms with Crippen LogP contribution in [0.3, 0.4) is 0 Å². The molecule has 1 amide bonds. The van der Waals surface area contributed by atoms with E-state index in [4.69, 9.17) is 4.74 Å². The van der Waals surface area contributed by atoms with Gasteiger partial charge in [0.2, 0.25) is 5.91 Å². The zero-order valence-corrected chi connectivity index (χ0v) is 11.8. The van der Waals surface area contributed by atoms with Gasteiger partial charge in [-0.2, -0.15) is 0 Å². The highest BCUT2D eigenvalue weighted by Gasteiger charge is 2.28. The largest absolute Gasteiger partial charge is 0.494 e. The lowest BCUT2D eigenvalue weighted by Gasteiger charge is -2.31. The third-order valence-electron chi connectivity index (χ3n) is 3.70. The molecule has 1 fully saturated rings. The van der Waals surface area contributed by atoms with Gasteiger partial charge in [-0.1, -0.05) is 6.92 Å². The topological polar surface area (TPSA) is 50.4 Å². The maximum absolute atomic E-state index is 12.1. The van der Waals surface area contributed by atoms with Gasteiger partial charge < -0.3 is 15.4 Å². The highest BCUT2D eigenvalue weighted by Crippen LogP contribution is 2.23. The van der Waals surface area contributed by atoms with Gasteiger partial charge in [0.05, 0.1) is 6.61 Å². The normalized spacial score (nSPS) is 16.6. The van der Waals surface area contributed by atoms with Crippen molar-refractivity contribution in [3.63, 3.8) is 0 Å². The van der Waals surface area contributed by atoms with Crippen molar-refractivity contribution >= 4 is 11.6 Å². The van der Waals surface area contributed by atoms with Crippen LogP contribution in [0.1, 0.15) is 19.4 Å². The van der Waals surface area contributed by atoms with Crippen LogP contribution in [0.25, 0.3) is 0 Å². The Morgan fingerprint density at radius 3 is 2.79 bits per heavy atom. The van der Waals surface area contributed by atoms with Crippen LogP contribution in [0.15, 0.2) is 18.2 Å². The maximum atomic E-state index is 12.1. The van der Waals surface area contributed by atoms with Crippen LogP contribution in [-0.4, -0.2) is 25.6 Å². The van der Waals surface area contributed by atoms with Crippen molar-refractivity contribution in [3.05, 3.63) is 23.8 Å². The van der Waals surface area contributed by atoms with E-state index in [0.717, 1.165) is 30.1 Å². The first-order valence-corrected chi connectivity index (χ1v) is 6.87. The minimum Gasteiger partial charge on any atom is -0.494 e. The summed E-state index contributed by atoms with van der Waals surface area (Å²) in [6.07, 6.45) is 0. The summed E-state index contributed by atoms with van der Waals surface area (Å²) in [4.78, 5) is 12.1. The summed E-state index contributed by atoms with van der Waals surface area (Å²) in [6.45, 7) is 8.46. The van der Waals surface area contributed by atoms with Crippen molar-refractivity contribution in [3.8, 4) is 5.75 Å². The van der Waals surface area contributed by atoms with Crippen LogP contribution < -0.4 is 15.4 Å². The van der Waals surface area contributed by atoms with Crippen molar-refractivity contribution in [1.29, 1.82) is 0 Å². The lowest BCUT2D eigenvalue weighted by Crippen LogP contribution is -2.48. The first-order valence-electron chi connectivity index (χ1n) is 6.87. The monoisotopic (exact) mass is 262 g/mol. The van der Waals surface area contributed by atoms with E-state index in [-0.39, 0.29) is 11.8 Å². The maximum Gasteiger partial charge on any atom is 0.227 e. The van der Waals surface area contributed by atoms with E-state index in [1.807, 2.05) is 39.0 Å².